The lowest BCUT2D eigenvalue weighted by atomic mass is 9.49. The highest BCUT2D eigenvalue weighted by Crippen LogP contribution is 2.62. The molecule has 0 N–H and O–H groups in total. The van der Waals surface area contributed by atoms with Gasteiger partial charge in [-0.1, -0.05) is 0 Å². The summed E-state index contributed by atoms with van der Waals surface area (Å²) in [6, 6.07) is 4.23. The third kappa shape index (κ3) is 5.26. The topological polar surface area (TPSA) is 57.2 Å². The molecule has 188 valence electrons. The molecule has 34 heavy (non-hydrogen) atoms. The predicted molar refractivity (Wildman–Crippen MR) is 125 cm³/mol. The summed E-state index contributed by atoms with van der Waals surface area (Å²) in [4.78, 5) is 14.9. The quantitative estimate of drug-likeness (QED) is 0.382. The van der Waals surface area contributed by atoms with E-state index < -0.39 is 18.1 Å². The molecule has 4 aliphatic carbocycles. The fourth-order valence-electron chi connectivity index (χ4n) is 7.02. The minimum Gasteiger partial charge on any atom is -0.461 e. The van der Waals surface area contributed by atoms with Gasteiger partial charge in [-0.25, -0.2) is 9.18 Å². The Labute approximate surface area is 202 Å². The van der Waals surface area contributed by atoms with Crippen LogP contribution in [-0.2, 0) is 14.2 Å². The summed E-state index contributed by atoms with van der Waals surface area (Å²) in [5.74, 6) is 1.31. The molecule has 1 saturated heterocycles. The minimum atomic E-state index is -0.511. The van der Waals surface area contributed by atoms with E-state index in [0.29, 0.717) is 31.9 Å². The third-order valence-electron chi connectivity index (χ3n) is 8.13. The number of benzene rings is 1. The number of halogens is 1. The molecule has 1 aromatic rings. The predicted octanol–water partition coefficient (Wildman–Crippen LogP) is 4.66. The van der Waals surface area contributed by atoms with Crippen LogP contribution in [-0.4, -0.2) is 62.7 Å². The molecular formula is C27H38FNO5. The summed E-state index contributed by atoms with van der Waals surface area (Å²) in [5.41, 5.74) is 0.229. The van der Waals surface area contributed by atoms with Crippen molar-refractivity contribution in [3.63, 3.8) is 0 Å². The summed E-state index contributed by atoms with van der Waals surface area (Å²) in [5, 5.41) is 0. The van der Waals surface area contributed by atoms with E-state index in [2.05, 4.69) is 4.90 Å². The molecule has 5 fully saturated rings. The largest absolute Gasteiger partial charge is 0.461 e. The first kappa shape index (κ1) is 24.0. The van der Waals surface area contributed by atoms with Crippen molar-refractivity contribution in [3.8, 4) is 5.75 Å². The Hall–Kier alpha value is -1.70. The average molecular weight is 476 g/mol. The molecule has 0 aromatic heterocycles. The van der Waals surface area contributed by atoms with Gasteiger partial charge in [0.1, 0.15) is 6.61 Å². The van der Waals surface area contributed by atoms with Crippen LogP contribution in [0.2, 0.25) is 0 Å². The number of hydrogen-bond acceptors (Lipinski definition) is 6. The third-order valence-corrected chi connectivity index (χ3v) is 8.13. The Morgan fingerprint density at radius 3 is 2.38 bits per heavy atom. The zero-order valence-corrected chi connectivity index (χ0v) is 20.5. The normalized spacial score (nSPS) is 31.6. The van der Waals surface area contributed by atoms with E-state index in [-0.39, 0.29) is 17.3 Å². The van der Waals surface area contributed by atoms with Crippen LogP contribution in [0.1, 0.15) is 62.7 Å². The lowest BCUT2D eigenvalue weighted by Gasteiger charge is -2.58. The summed E-state index contributed by atoms with van der Waals surface area (Å²) in [7, 11) is 0. The van der Waals surface area contributed by atoms with Gasteiger partial charge in [-0.05, 0) is 88.3 Å². The molecule has 1 aromatic carbocycles. The maximum Gasteiger partial charge on any atom is 0.338 e. The van der Waals surface area contributed by atoms with Crippen LogP contribution in [0.5, 0.6) is 5.75 Å². The van der Waals surface area contributed by atoms with Crippen molar-refractivity contribution in [2.45, 2.75) is 64.8 Å². The lowest BCUT2D eigenvalue weighted by molar-refractivity contribution is -0.228. The van der Waals surface area contributed by atoms with Crippen molar-refractivity contribution in [3.05, 3.63) is 29.6 Å². The summed E-state index contributed by atoms with van der Waals surface area (Å²) in [6.07, 6.45) is 6.65. The first-order chi connectivity index (χ1) is 16.4. The molecule has 6 nitrogen and oxygen atoms in total. The first-order valence-electron chi connectivity index (χ1n) is 13.0. The number of carbonyl (C=O) groups is 1. The van der Waals surface area contributed by atoms with E-state index >= 15 is 0 Å². The molecule has 0 radical (unpaired) electrons. The molecule has 1 aliphatic heterocycles. The van der Waals surface area contributed by atoms with Crippen molar-refractivity contribution >= 4 is 5.97 Å². The summed E-state index contributed by atoms with van der Waals surface area (Å²) >= 11 is 0. The molecule has 5 aliphatic rings. The first-order valence-corrected chi connectivity index (χ1v) is 13.0. The Balaban J connectivity index is 1.27. The van der Waals surface area contributed by atoms with Gasteiger partial charge in [0.25, 0.3) is 0 Å². The van der Waals surface area contributed by atoms with Crippen LogP contribution in [0.3, 0.4) is 0 Å². The Morgan fingerprint density at radius 1 is 1.12 bits per heavy atom. The second-order valence-electron chi connectivity index (χ2n) is 11.1. The van der Waals surface area contributed by atoms with Crippen LogP contribution in [0.15, 0.2) is 18.2 Å². The molecule has 4 saturated carbocycles. The maximum atomic E-state index is 14.8. The molecule has 6 rings (SSSR count). The van der Waals surface area contributed by atoms with Crippen LogP contribution in [0.4, 0.5) is 4.39 Å². The Kier molecular flexibility index (Phi) is 7.14. The van der Waals surface area contributed by atoms with Gasteiger partial charge in [-0.2, -0.15) is 0 Å². The number of morpholine rings is 1. The summed E-state index contributed by atoms with van der Waals surface area (Å²) in [6.45, 7) is 8.03. The molecule has 1 atom stereocenters. The highest BCUT2D eigenvalue weighted by atomic mass is 19.1. The SMILES string of the molecule is CC(C)OC(Oc1cc(C(=O)OCCN2CCOCC2)ccc1F)C12CC3CC(CC(C3)C1)C2. The molecule has 0 amide bonds. The van der Waals surface area contributed by atoms with Gasteiger partial charge in [0.05, 0.1) is 24.9 Å². The van der Waals surface area contributed by atoms with Gasteiger partial charge in [0.15, 0.2) is 11.6 Å². The molecular weight excluding hydrogens is 437 g/mol. The van der Waals surface area contributed by atoms with E-state index in [1.54, 1.807) is 0 Å². The maximum absolute atomic E-state index is 14.8. The van der Waals surface area contributed by atoms with Crippen molar-refractivity contribution in [2.75, 3.05) is 39.5 Å². The molecule has 1 heterocycles. The number of ether oxygens (including phenoxy) is 4. The Morgan fingerprint density at radius 2 is 1.76 bits per heavy atom. The number of rotatable bonds is 9. The average Bonchev–Trinajstić information content (AvgIpc) is 2.79. The number of hydrogen-bond donors (Lipinski definition) is 0. The van der Waals surface area contributed by atoms with Crippen molar-refractivity contribution in [1.29, 1.82) is 0 Å². The van der Waals surface area contributed by atoms with Gasteiger partial charge >= 0.3 is 5.97 Å². The van der Waals surface area contributed by atoms with Gasteiger partial charge in [-0.15, -0.1) is 0 Å². The van der Waals surface area contributed by atoms with Gasteiger partial charge < -0.3 is 18.9 Å². The van der Waals surface area contributed by atoms with Crippen LogP contribution < -0.4 is 4.74 Å². The molecule has 7 heteroatoms. The second-order valence-corrected chi connectivity index (χ2v) is 11.1. The zero-order chi connectivity index (χ0) is 23.7. The monoisotopic (exact) mass is 475 g/mol. The van der Waals surface area contributed by atoms with E-state index in [4.69, 9.17) is 18.9 Å². The molecule has 4 bridgehead atoms. The highest BCUT2D eigenvalue weighted by molar-refractivity contribution is 5.89. The van der Waals surface area contributed by atoms with E-state index in [1.807, 2.05) is 13.8 Å². The zero-order valence-electron chi connectivity index (χ0n) is 20.5. The smallest absolute Gasteiger partial charge is 0.338 e. The van der Waals surface area contributed by atoms with E-state index in [0.717, 1.165) is 50.1 Å². The fraction of sp³-hybridized carbons (Fsp3) is 0.741. The highest BCUT2D eigenvalue weighted by Gasteiger charge is 2.56. The van der Waals surface area contributed by atoms with Crippen molar-refractivity contribution in [2.24, 2.45) is 23.2 Å². The minimum absolute atomic E-state index is 0.0330. The van der Waals surface area contributed by atoms with E-state index in [9.17, 15) is 9.18 Å². The van der Waals surface area contributed by atoms with Gasteiger partial charge in [-0.3, -0.25) is 4.90 Å². The number of esters is 1. The van der Waals surface area contributed by atoms with Crippen LogP contribution in [0.25, 0.3) is 0 Å². The Bertz CT molecular complexity index is 833. The summed E-state index contributed by atoms with van der Waals surface area (Å²) < 4.78 is 38.3. The second kappa shape index (κ2) is 10.1. The number of nitrogens with zero attached hydrogens (tertiary/aromatic N) is 1. The standard InChI is InChI=1S/C27H38FNO5/c1-18(2)33-26(27-15-19-11-20(16-27)13-21(12-19)17-27)34-24-14-22(3-4-23(24)28)25(30)32-10-7-29-5-8-31-9-6-29/h3-4,14,18-21,26H,5-13,15-17H2,1-2H3. The van der Waals surface area contributed by atoms with E-state index in [1.165, 1.54) is 37.5 Å². The van der Waals surface area contributed by atoms with Crippen LogP contribution >= 0.6 is 0 Å². The number of carbonyl (C=O) groups excluding carboxylic acids is 1. The molecule has 0 spiro atoms. The molecule has 1 unspecified atom stereocenters. The van der Waals surface area contributed by atoms with Crippen LogP contribution in [0, 0.1) is 29.0 Å². The van der Waals surface area contributed by atoms with Crippen molar-refractivity contribution in [1.82, 2.24) is 4.90 Å². The fourth-order valence-corrected chi connectivity index (χ4v) is 7.02. The van der Waals surface area contributed by atoms with Gasteiger partial charge in [0, 0.05) is 25.0 Å². The van der Waals surface area contributed by atoms with Crippen molar-refractivity contribution < 1.29 is 28.1 Å². The van der Waals surface area contributed by atoms with Gasteiger partial charge in [0.2, 0.25) is 6.29 Å². The lowest BCUT2D eigenvalue weighted by Crippen LogP contribution is -2.54.